The summed E-state index contributed by atoms with van der Waals surface area (Å²) in [4.78, 5) is 0. The van der Waals surface area contributed by atoms with Gasteiger partial charge in [-0.25, -0.2) is 0 Å². The van der Waals surface area contributed by atoms with Crippen LogP contribution in [0.3, 0.4) is 0 Å². The minimum atomic E-state index is -4.51. The second-order valence-corrected chi connectivity index (χ2v) is 4.96. The number of hydrogen-bond donors (Lipinski definition) is 2. The van der Waals surface area contributed by atoms with Crippen LogP contribution >= 0.6 is 23.8 Å². The first-order valence-corrected chi connectivity index (χ1v) is 6.46. The molecule has 0 bridgehead atoms. The number of benzene rings is 1. The van der Waals surface area contributed by atoms with Crippen LogP contribution in [0.4, 0.5) is 18.9 Å². The molecule has 1 rings (SSSR count). The van der Waals surface area contributed by atoms with Crippen LogP contribution in [-0.4, -0.2) is 24.9 Å². The minimum Gasteiger partial charge on any atom is -0.383 e. The summed E-state index contributed by atoms with van der Waals surface area (Å²) in [5.74, 6) is 0. The second-order valence-electron chi connectivity index (χ2n) is 4.15. The Bertz CT molecular complexity index is 482. The van der Waals surface area contributed by atoms with Gasteiger partial charge in [-0.1, -0.05) is 11.6 Å². The standard InChI is InChI=1S/C12H14ClF3N2OS/c1-7(6-19-2)17-11(20)18-8-3-4-10(13)9(5-8)12(14,15)16/h3-5,7H,6H2,1-2H3,(H2,17,18,20). The molecule has 0 fully saturated rings. The second kappa shape index (κ2) is 7.10. The molecule has 20 heavy (non-hydrogen) atoms. The lowest BCUT2D eigenvalue weighted by Gasteiger charge is -2.17. The predicted molar refractivity (Wildman–Crippen MR) is 77.1 cm³/mol. The molecular weight excluding hydrogens is 313 g/mol. The van der Waals surface area contributed by atoms with Gasteiger partial charge in [0.25, 0.3) is 0 Å². The van der Waals surface area contributed by atoms with Crippen molar-refractivity contribution in [1.82, 2.24) is 5.32 Å². The molecule has 0 saturated heterocycles. The van der Waals surface area contributed by atoms with Crippen molar-refractivity contribution in [3.05, 3.63) is 28.8 Å². The lowest BCUT2D eigenvalue weighted by atomic mass is 10.2. The summed E-state index contributed by atoms with van der Waals surface area (Å²) in [5, 5.41) is 5.42. The van der Waals surface area contributed by atoms with E-state index in [9.17, 15) is 13.2 Å². The Balaban J connectivity index is 2.76. The molecule has 0 spiro atoms. The highest BCUT2D eigenvalue weighted by molar-refractivity contribution is 7.80. The number of thiocarbonyl (C=S) groups is 1. The smallest absolute Gasteiger partial charge is 0.383 e. The van der Waals surface area contributed by atoms with E-state index in [0.717, 1.165) is 6.07 Å². The Hall–Kier alpha value is -1.05. The first kappa shape index (κ1) is 17.0. The normalized spacial score (nSPS) is 12.9. The fraction of sp³-hybridized carbons (Fsp3) is 0.417. The van der Waals surface area contributed by atoms with Gasteiger partial charge in [0.05, 0.1) is 17.2 Å². The zero-order valence-electron chi connectivity index (χ0n) is 10.8. The fourth-order valence-corrected chi connectivity index (χ4v) is 2.05. The molecule has 1 atom stereocenters. The summed E-state index contributed by atoms with van der Waals surface area (Å²) in [7, 11) is 1.55. The van der Waals surface area contributed by atoms with Crippen molar-refractivity contribution in [2.45, 2.75) is 19.1 Å². The van der Waals surface area contributed by atoms with Gasteiger partial charge >= 0.3 is 6.18 Å². The van der Waals surface area contributed by atoms with E-state index in [1.807, 2.05) is 6.92 Å². The number of nitrogens with one attached hydrogen (secondary N) is 2. The number of rotatable bonds is 4. The van der Waals surface area contributed by atoms with E-state index >= 15 is 0 Å². The highest BCUT2D eigenvalue weighted by atomic mass is 35.5. The molecule has 1 unspecified atom stereocenters. The van der Waals surface area contributed by atoms with E-state index < -0.39 is 11.7 Å². The Kier molecular flexibility index (Phi) is 6.04. The van der Waals surface area contributed by atoms with Gasteiger partial charge < -0.3 is 15.4 Å². The first-order chi connectivity index (χ1) is 9.24. The van der Waals surface area contributed by atoms with Crippen molar-refractivity contribution in [1.29, 1.82) is 0 Å². The van der Waals surface area contributed by atoms with Crippen LogP contribution in [0.1, 0.15) is 12.5 Å². The number of alkyl halides is 3. The maximum atomic E-state index is 12.7. The third-order valence-electron chi connectivity index (χ3n) is 2.32. The molecule has 0 heterocycles. The number of hydrogen-bond acceptors (Lipinski definition) is 2. The Morgan fingerprint density at radius 2 is 2.10 bits per heavy atom. The third kappa shape index (κ3) is 5.15. The van der Waals surface area contributed by atoms with Gasteiger partial charge in [-0.2, -0.15) is 13.2 Å². The number of halogens is 4. The SMILES string of the molecule is COCC(C)NC(=S)Nc1ccc(Cl)c(C(F)(F)F)c1. The van der Waals surface area contributed by atoms with Gasteiger partial charge in [0.15, 0.2) is 5.11 Å². The van der Waals surface area contributed by atoms with Crippen LogP contribution in [0, 0.1) is 0 Å². The van der Waals surface area contributed by atoms with Gasteiger partial charge in [0.1, 0.15) is 0 Å². The third-order valence-corrected chi connectivity index (χ3v) is 2.87. The van der Waals surface area contributed by atoms with Crippen molar-refractivity contribution in [2.24, 2.45) is 0 Å². The van der Waals surface area contributed by atoms with Crippen LogP contribution < -0.4 is 10.6 Å². The van der Waals surface area contributed by atoms with E-state index in [1.165, 1.54) is 12.1 Å². The van der Waals surface area contributed by atoms with E-state index in [-0.39, 0.29) is 21.9 Å². The number of anilines is 1. The van der Waals surface area contributed by atoms with E-state index in [1.54, 1.807) is 7.11 Å². The van der Waals surface area contributed by atoms with Gasteiger partial charge in [-0.15, -0.1) is 0 Å². The average Bonchev–Trinajstić information content (AvgIpc) is 2.30. The van der Waals surface area contributed by atoms with Gasteiger partial charge in [0.2, 0.25) is 0 Å². The maximum absolute atomic E-state index is 12.7. The summed E-state index contributed by atoms with van der Waals surface area (Å²) in [5.41, 5.74) is -0.694. The van der Waals surface area contributed by atoms with Gasteiger partial charge in [0, 0.05) is 18.8 Å². The molecule has 112 valence electrons. The summed E-state index contributed by atoms with van der Waals surface area (Å²) in [6, 6.07) is 3.45. The molecule has 0 amide bonds. The number of methoxy groups -OCH3 is 1. The van der Waals surface area contributed by atoms with E-state index in [0.29, 0.717) is 6.61 Å². The summed E-state index contributed by atoms with van der Waals surface area (Å²) < 4.78 is 43.0. The van der Waals surface area contributed by atoms with Crippen molar-refractivity contribution in [3.8, 4) is 0 Å². The van der Waals surface area contributed by atoms with Gasteiger partial charge in [-0.3, -0.25) is 0 Å². The Labute approximate surface area is 125 Å². The van der Waals surface area contributed by atoms with Crippen LogP contribution in [0.2, 0.25) is 5.02 Å². The molecule has 0 radical (unpaired) electrons. The largest absolute Gasteiger partial charge is 0.417 e. The van der Waals surface area contributed by atoms with Crippen LogP contribution in [0.25, 0.3) is 0 Å². The summed E-state index contributed by atoms with van der Waals surface area (Å²) in [6.07, 6.45) is -4.51. The molecule has 0 aliphatic heterocycles. The zero-order valence-corrected chi connectivity index (χ0v) is 12.4. The number of ether oxygens (including phenoxy) is 1. The molecule has 8 heteroatoms. The van der Waals surface area contributed by atoms with Gasteiger partial charge in [-0.05, 0) is 37.3 Å². The lowest BCUT2D eigenvalue weighted by molar-refractivity contribution is -0.137. The monoisotopic (exact) mass is 326 g/mol. The Morgan fingerprint density at radius 3 is 2.65 bits per heavy atom. The fourth-order valence-electron chi connectivity index (χ4n) is 1.50. The van der Waals surface area contributed by atoms with E-state index in [2.05, 4.69) is 10.6 Å². The molecule has 0 aromatic heterocycles. The van der Waals surface area contributed by atoms with Crippen LogP contribution in [-0.2, 0) is 10.9 Å². The van der Waals surface area contributed by atoms with Crippen LogP contribution in [0.15, 0.2) is 18.2 Å². The minimum absolute atomic E-state index is 0.0608. The Morgan fingerprint density at radius 1 is 1.45 bits per heavy atom. The molecule has 1 aromatic carbocycles. The molecule has 0 aliphatic carbocycles. The molecule has 0 saturated carbocycles. The summed E-state index contributed by atoms with van der Waals surface area (Å²) in [6.45, 7) is 2.26. The lowest BCUT2D eigenvalue weighted by Crippen LogP contribution is -2.38. The molecule has 2 N–H and O–H groups in total. The van der Waals surface area contributed by atoms with Crippen molar-refractivity contribution >= 4 is 34.6 Å². The molecule has 3 nitrogen and oxygen atoms in total. The summed E-state index contributed by atoms with van der Waals surface area (Å²) >= 11 is 10.5. The molecule has 1 aromatic rings. The van der Waals surface area contributed by atoms with Crippen molar-refractivity contribution in [3.63, 3.8) is 0 Å². The van der Waals surface area contributed by atoms with Crippen LogP contribution in [0.5, 0.6) is 0 Å². The molecule has 0 aliphatic rings. The predicted octanol–water partition coefficient (Wildman–Crippen LogP) is 3.68. The highest BCUT2D eigenvalue weighted by Gasteiger charge is 2.33. The quantitative estimate of drug-likeness (QED) is 0.827. The zero-order chi connectivity index (χ0) is 15.3. The van der Waals surface area contributed by atoms with Crippen molar-refractivity contribution < 1.29 is 17.9 Å². The molecular formula is C12H14ClF3N2OS. The van der Waals surface area contributed by atoms with Crippen molar-refractivity contribution in [2.75, 3.05) is 19.0 Å². The topological polar surface area (TPSA) is 33.3 Å². The average molecular weight is 327 g/mol. The van der Waals surface area contributed by atoms with E-state index in [4.69, 9.17) is 28.6 Å². The highest BCUT2D eigenvalue weighted by Crippen LogP contribution is 2.36. The maximum Gasteiger partial charge on any atom is 0.417 e. The first-order valence-electron chi connectivity index (χ1n) is 5.67.